The molecule has 2 saturated heterocycles. The number of carbonyl (C=O) groups excluding carboxylic acids is 2. The molecule has 3 rings (SSSR count). The smallest absolute Gasteiger partial charge is 0.220 e. The van der Waals surface area contributed by atoms with Crippen LogP contribution in [-0.4, -0.2) is 29.2 Å². The first-order valence-corrected chi connectivity index (χ1v) is 5.83. The SMILES string of the molecule is C=CC(=O)[C@@H]1C2CC(CN1C(C)=O)C2(C)C. The van der Waals surface area contributed by atoms with E-state index in [1.54, 1.807) is 11.8 Å². The van der Waals surface area contributed by atoms with Crippen molar-refractivity contribution < 1.29 is 9.59 Å². The molecule has 88 valence electrons. The maximum atomic E-state index is 11.9. The van der Waals surface area contributed by atoms with E-state index in [9.17, 15) is 9.59 Å². The minimum atomic E-state index is -0.269. The molecular formula is C13H19NO2. The third kappa shape index (κ3) is 1.34. The molecule has 1 amide bonds. The van der Waals surface area contributed by atoms with E-state index >= 15 is 0 Å². The lowest BCUT2D eigenvalue weighted by Crippen LogP contribution is -2.67. The Kier molecular flexibility index (Phi) is 2.44. The van der Waals surface area contributed by atoms with Crippen LogP contribution in [-0.2, 0) is 9.59 Å². The van der Waals surface area contributed by atoms with E-state index in [0.29, 0.717) is 11.8 Å². The summed E-state index contributed by atoms with van der Waals surface area (Å²) in [6.07, 6.45) is 2.43. The van der Waals surface area contributed by atoms with E-state index < -0.39 is 0 Å². The van der Waals surface area contributed by atoms with Crippen molar-refractivity contribution in [2.24, 2.45) is 17.3 Å². The van der Waals surface area contributed by atoms with Gasteiger partial charge in [0.1, 0.15) is 0 Å². The maximum Gasteiger partial charge on any atom is 0.220 e. The lowest BCUT2D eigenvalue weighted by molar-refractivity contribution is -0.171. The fourth-order valence-corrected chi connectivity index (χ4v) is 3.27. The number of nitrogens with zero attached hydrogens (tertiary/aromatic N) is 1. The van der Waals surface area contributed by atoms with E-state index in [0.717, 1.165) is 13.0 Å². The number of ketones is 1. The molecule has 3 nitrogen and oxygen atoms in total. The summed E-state index contributed by atoms with van der Waals surface area (Å²) in [5, 5.41) is 0. The van der Waals surface area contributed by atoms with Crippen molar-refractivity contribution in [1.29, 1.82) is 0 Å². The van der Waals surface area contributed by atoms with Crippen LogP contribution in [0.1, 0.15) is 27.2 Å². The largest absolute Gasteiger partial charge is 0.332 e. The Morgan fingerprint density at radius 3 is 2.50 bits per heavy atom. The van der Waals surface area contributed by atoms with Crippen LogP contribution in [0.2, 0.25) is 0 Å². The summed E-state index contributed by atoms with van der Waals surface area (Å²) < 4.78 is 0. The molecule has 0 N–H and O–H groups in total. The second kappa shape index (κ2) is 3.44. The molecule has 3 heteroatoms. The van der Waals surface area contributed by atoms with Gasteiger partial charge in [0.15, 0.2) is 5.78 Å². The van der Waals surface area contributed by atoms with Gasteiger partial charge in [-0.05, 0) is 29.7 Å². The summed E-state index contributed by atoms with van der Waals surface area (Å²) >= 11 is 0. The summed E-state index contributed by atoms with van der Waals surface area (Å²) in [5.74, 6) is 0.854. The Morgan fingerprint density at radius 2 is 2.06 bits per heavy atom. The zero-order valence-electron chi connectivity index (χ0n) is 10.2. The highest BCUT2D eigenvalue weighted by Gasteiger charge is 2.59. The third-order valence-corrected chi connectivity index (χ3v) is 4.58. The van der Waals surface area contributed by atoms with Crippen LogP contribution in [0, 0.1) is 17.3 Å². The molecular weight excluding hydrogens is 202 g/mol. The van der Waals surface area contributed by atoms with Crippen LogP contribution >= 0.6 is 0 Å². The van der Waals surface area contributed by atoms with Gasteiger partial charge in [-0.1, -0.05) is 20.4 Å². The number of hydrogen-bond acceptors (Lipinski definition) is 2. The monoisotopic (exact) mass is 221 g/mol. The molecule has 0 aromatic rings. The van der Waals surface area contributed by atoms with E-state index in [-0.39, 0.29) is 23.1 Å². The van der Waals surface area contributed by atoms with E-state index in [2.05, 4.69) is 20.4 Å². The molecule has 0 spiro atoms. The Balaban J connectivity index is 2.30. The van der Waals surface area contributed by atoms with Crippen LogP contribution < -0.4 is 0 Å². The quantitative estimate of drug-likeness (QED) is 0.665. The van der Waals surface area contributed by atoms with Gasteiger partial charge in [0.05, 0.1) is 6.04 Å². The van der Waals surface area contributed by atoms with E-state index in [4.69, 9.17) is 0 Å². The molecule has 2 unspecified atom stereocenters. The highest BCUT2D eigenvalue weighted by atomic mass is 16.2. The molecule has 2 aliphatic heterocycles. The lowest BCUT2D eigenvalue weighted by Gasteiger charge is -2.62. The molecule has 1 saturated carbocycles. The Bertz CT molecular complexity index is 359. The Labute approximate surface area is 96.5 Å². The van der Waals surface area contributed by atoms with Crippen LogP contribution in [0.5, 0.6) is 0 Å². The zero-order valence-corrected chi connectivity index (χ0v) is 10.2. The zero-order chi connectivity index (χ0) is 12.1. The van der Waals surface area contributed by atoms with Crippen LogP contribution in [0.4, 0.5) is 0 Å². The molecule has 0 aromatic carbocycles. The molecule has 2 bridgehead atoms. The fraction of sp³-hybridized carbons (Fsp3) is 0.692. The van der Waals surface area contributed by atoms with E-state index in [1.165, 1.54) is 6.08 Å². The maximum absolute atomic E-state index is 11.9. The number of amides is 1. The lowest BCUT2D eigenvalue weighted by atomic mass is 9.49. The van der Waals surface area contributed by atoms with Gasteiger partial charge in [0, 0.05) is 13.5 Å². The topological polar surface area (TPSA) is 37.4 Å². The summed E-state index contributed by atoms with van der Waals surface area (Å²) in [6, 6.07) is -0.269. The minimum absolute atomic E-state index is 0.00500. The minimum Gasteiger partial charge on any atom is -0.332 e. The van der Waals surface area contributed by atoms with Gasteiger partial charge < -0.3 is 4.90 Å². The van der Waals surface area contributed by atoms with Gasteiger partial charge in [0.2, 0.25) is 5.91 Å². The average Bonchev–Trinajstić information content (AvgIpc) is 2.26. The number of piperidine rings is 2. The van der Waals surface area contributed by atoms with Crippen molar-refractivity contribution in [3.8, 4) is 0 Å². The van der Waals surface area contributed by atoms with Crippen molar-refractivity contribution in [1.82, 2.24) is 4.90 Å². The van der Waals surface area contributed by atoms with Crippen LogP contribution in [0.25, 0.3) is 0 Å². The summed E-state index contributed by atoms with van der Waals surface area (Å²) in [7, 11) is 0. The second-order valence-electron chi connectivity index (χ2n) is 5.58. The highest BCUT2D eigenvalue weighted by molar-refractivity contribution is 5.97. The van der Waals surface area contributed by atoms with Gasteiger partial charge in [0.25, 0.3) is 0 Å². The van der Waals surface area contributed by atoms with Gasteiger partial charge in [-0.2, -0.15) is 0 Å². The van der Waals surface area contributed by atoms with E-state index in [1.807, 2.05) is 0 Å². The standard InChI is InChI=1S/C13H19NO2/c1-5-11(16)12-10-6-9(13(10,3)4)7-14(12)8(2)15/h5,9-10,12H,1,6-7H2,2-4H3/t9?,10?,12-/m0/s1. The molecule has 16 heavy (non-hydrogen) atoms. The molecule has 3 atom stereocenters. The molecule has 2 heterocycles. The number of hydrogen-bond donors (Lipinski definition) is 0. The third-order valence-electron chi connectivity index (χ3n) is 4.58. The fourth-order valence-electron chi connectivity index (χ4n) is 3.27. The Hall–Kier alpha value is -1.12. The van der Waals surface area contributed by atoms with Gasteiger partial charge in [-0.15, -0.1) is 0 Å². The number of carbonyl (C=O) groups is 2. The van der Waals surface area contributed by atoms with Crippen molar-refractivity contribution in [3.05, 3.63) is 12.7 Å². The van der Waals surface area contributed by atoms with Gasteiger partial charge in [-0.25, -0.2) is 0 Å². The highest BCUT2D eigenvalue weighted by Crippen LogP contribution is 2.57. The second-order valence-corrected chi connectivity index (χ2v) is 5.58. The van der Waals surface area contributed by atoms with Crippen molar-refractivity contribution >= 4 is 11.7 Å². The molecule has 1 aliphatic carbocycles. The first kappa shape index (κ1) is 11.4. The normalized spacial score (nSPS) is 35.2. The average molecular weight is 221 g/mol. The first-order valence-electron chi connectivity index (χ1n) is 5.83. The summed E-state index contributed by atoms with van der Waals surface area (Å²) in [4.78, 5) is 25.2. The molecule has 3 fully saturated rings. The number of fused-ring (bicyclic) bond motifs is 2. The predicted octanol–water partition coefficient (Wildman–Crippen LogP) is 1.63. The van der Waals surface area contributed by atoms with Crippen molar-refractivity contribution in [2.45, 2.75) is 33.2 Å². The Morgan fingerprint density at radius 1 is 1.44 bits per heavy atom. The van der Waals surface area contributed by atoms with Crippen LogP contribution in [0.3, 0.4) is 0 Å². The predicted molar refractivity (Wildman–Crippen MR) is 61.8 cm³/mol. The van der Waals surface area contributed by atoms with Crippen molar-refractivity contribution in [2.75, 3.05) is 6.54 Å². The summed E-state index contributed by atoms with van der Waals surface area (Å²) in [6.45, 7) is 10.2. The summed E-state index contributed by atoms with van der Waals surface area (Å²) in [5.41, 5.74) is 0.190. The van der Waals surface area contributed by atoms with Gasteiger partial charge >= 0.3 is 0 Å². The first-order chi connectivity index (χ1) is 7.39. The molecule has 0 aromatic heterocycles. The molecule has 0 radical (unpaired) electrons. The van der Waals surface area contributed by atoms with Crippen LogP contribution in [0.15, 0.2) is 12.7 Å². The van der Waals surface area contributed by atoms with Gasteiger partial charge in [-0.3, -0.25) is 9.59 Å². The number of rotatable bonds is 2. The van der Waals surface area contributed by atoms with Crippen molar-refractivity contribution in [3.63, 3.8) is 0 Å². The molecule has 3 aliphatic rings.